The Hall–Kier alpha value is -1.40. The number of hydrogen-bond donors (Lipinski definition) is 2. The topological polar surface area (TPSA) is 65.1 Å². The normalized spacial score (nSPS) is 20.8. The summed E-state index contributed by atoms with van der Waals surface area (Å²) >= 11 is 1.62. The van der Waals surface area contributed by atoms with E-state index in [0.29, 0.717) is 6.04 Å². The summed E-state index contributed by atoms with van der Waals surface area (Å²) in [5, 5.41) is 12.3. The molecule has 0 aromatic heterocycles. The molecule has 6 heteroatoms. The van der Waals surface area contributed by atoms with Gasteiger partial charge in [-0.05, 0) is 31.9 Å². The molecule has 1 atom stereocenters. The van der Waals surface area contributed by atoms with Crippen molar-refractivity contribution in [3.63, 3.8) is 0 Å². The van der Waals surface area contributed by atoms with E-state index in [1.807, 2.05) is 18.4 Å². The highest BCUT2D eigenvalue weighted by Gasteiger charge is 2.26. The summed E-state index contributed by atoms with van der Waals surface area (Å²) in [6, 6.07) is 6.64. The van der Waals surface area contributed by atoms with Crippen molar-refractivity contribution >= 4 is 23.3 Å². The second-order valence-corrected chi connectivity index (χ2v) is 6.18. The maximum absolute atomic E-state index is 9.10. The van der Waals surface area contributed by atoms with E-state index in [9.17, 15) is 0 Å². The van der Waals surface area contributed by atoms with Crippen LogP contribution in [0.2, 0.25) is 0 Å². The molecule has 1 aliphatic rings. The van der Waals surface area contributed by atoms with Crippen LogP contribution < -0.4 is 10.6 Å². The van der Waals surface area contributed by atoms with Crippen molar-refractivity contribution in [1.82, 2.24) is 4.90 Å². The van der Waals surface area contributed by atoms with Crippen LogP contribution in [0.25, 0.3) is 0 Å². The molecule has 116 valence electrons. The van der Waals surface area contributed by atoms with Crippen LogP contribution in [0.15, 0.2) is 28.3 Å². The van der Waals surface area contributed by atoms with Crippen LogP contribution in [0.3, 0.4) is 0 Å². The number of nitrogens with zero attached hydrogens (tertiary/aromatic N) is 3. The smallest absolute Gasteiger partial charge is 0.173 e. The predicted octanol–water partition coefficient (Wildman–Crippen LogP) is 2.03. The van der Waals surface area contributed by atoms with Gasteiger partial charge in [0, 0.05) is 36.3 Å². The van der Waals surface area contributed by atoms with Gasteiger partial charge in [0.2, 0.25) is 0 Å². The summed E-state index contributed by atoms with van der Waals surface area (Å²) in [4.78, 5) is 5.79. The van der Waals surface area contributed by atoms with Crippen molar-refractivity contribution in [3.05, 3.63) is 23.8 Å². The Labute approximate surface area is 130 Å². The highest BCUT2D eigenvalue weighted by atomic mass is 32.2. The maximum atomic E-state index is 9.10. The first kappa shape index (κ1) is 16.0. The van der Waals surface area contributed by atoms with Crippen LogP contribution >= 0.6 is 11.8 Å². The fraction of sp³-hybridized carbons (Fsp3) is 0.533. The second-order valence-electron chi connectivity index (χ2n) is 5.33. The lowest BCUT2D eigenvalue weighted by molar-refractivity contribution is 0.213. The van der Waals surface area contributed by atoms with E-state index in [2.05, 4.69) is 35.0 Å². The van der Waals surface area contributed by atoms with Gasteiger partial charge < -0.3 is 15.8 Å². The van der Waals surface area contributed by atoms with E-state index in [1.54, 1.807) is 11.8 Å². The third-order valence-corrected chi connectivity index (χ3v) is 4.96. The molecule has 0 bridgehead atoms. The highest BCUT2D eigenvalue weighted by Crippen LogP contribution is 2.31. The maximum Gasteiger partial charge on any atom is 0.173 e. The molecular weight excluding hydrogens is 284 g/mol. The van der Waals surface area contributed by atoms with Crippen LogP contribution in [-0.2, 0) is 0 Å². The van der Waals surface area contributed by atoms with Gasteiger partial charge in [0.25, 0.3) is 0 Å². The number of benzene rings is 1. The Morgan fingerprint density at radius 2 is 2.24 bits per heavy atom. The largest absolute Gasteiger partial charge is 0.409 e. The molecule has 0 radical (unpaired) electrons. The van der Waals surface area contributed by atoms with Crippen LogP contribution in [0.1, 0.15) is 18.9 Å². The molecule has 0 saturated carbocycles. The zero-order valence-electron chi connectivity index (χ0n) is 12.9. The summed E-state index contributed by atoms with van der Waals surface area (Å²) in [6.45, 7) is 5.16. The van der Waals surface area contributed by atoms with Gasteiger partial charge in [0.05, 0.1) is 5.56 Å². The molecule has 0 amide bonds. The van der Waals surface area contributed by atoms with Gasteiger partial charge in [-0.25, -0.2) is 0 Å². The van der Waals surface area contributed by atoms with Gasteiger partial charge in [0.15, 0.2) is 5.84 Å². The molecule has 2 rings (SSSR count). The van der Waals surface area contributed by atoms with Gasteiger partial charge in [-0.1, -0.05) is 18.1 Å². The lowest BCUT2D eigenvalue weighted by Gasteiger charge is -2.41. The van der Waals surface area contributed by atoms with Crippen LogP contribution in [0.5, 0.6) is 0 Å². The van der Waals surface area contributed by atoms with Crippen molar-refractivity contribution in [2.45, 2.75) is 24.3 Å². The number of amidine groups is 1. The van der Waals surface area contributed by atoms with E-state index in [-0.39, 0.29) is 5.84 Å². The summed E-state index contributed by atoms with van der Waals surface area (Å²) < 4.78 is 0. The lowest BCUT2D eigenvalue weighted by Crippen LogP contribution is -2.51. The third kappa shape index (κ3) is 3.27. The lowest BCUT2D eigenvalue weighted by atomic mass is 10.1. The predicted molar refractivity (Wildman–Crippen MR) is 89.7 cm³/mol. The zero-order chi connectivity index (χ0) is 15.4. The van der Waals surface area contributed by atoms with E-state index < -0.39 is 0 Å². The van der Waals surface area contributed by atoms with Crippen molar-refractivity contribution in [2.24, 2.45) is 10.9 Å². The average Bonchev–Trinajstić information content (AvgIpc) is 2.53. The molecule has 1 aromatic carbocycles. The molecular formula is C15H24N4OS. The summed E-state index contributed by atoms with van der Waals surface area (Å²) in [5.41, 5.74) is 7.82. The van der Waals surface area contributed by atoms with Crippen LogP contribution in [0.4, 0.5) is 5.69 Å². The third-order valence-electron chi connectivity index (χ3n) is 4.18. The summed E-state index contributed by atoms with van der Waals surface area (Å²) in [6.07, 6.45) is 3.13. The monoisotopic (exact) mass is 308 g/mol. The molecule has 1 heterocycles. The van der Waals surface area contributed by atoms with Gasteiger partial charge in [-0.15, -0.1) is 11.8 Å². The minimum absolute atomic E-state index is 0.182. The number of piperazine rings is 1. The van der Waals surface area contributed by atoms with Crippen molar-refractivity contribution in [3.8, 4) is 0 Å². The number of hydrogen-bond acceptors (Lipinski definition) is 5. The molecule has 1 fully saturated rings. The van der Waals surface area contributed by atoms with E-state index in [4.69, 9.17) is 10.9 Å². The molecule has 5 nitrogen and oxygen atoms in total. The first-order chi connectivity index (χ1) is 10.1. The van der Waals surface area contributed by atoms with Gasteiger partial charge in [0.1, 0.15) is 0 Å². The first-order valence-corrected chi connectivity index (χ1v) is 8.44. The van der Waals surface area contributed by atoms with Crippen molar-refractivity contribution in [1.29, 1.82) is 0 Å². The second kappa shape index (κ2) is 7.04. The quantitative estimate of drug-likeness (QED) is 0.293. The Morgan fingerprint density at radius 3 is 2.86 bits per heavy atom. The average molecular weight is 308 g/mol. The van der Waals surface area contributed by atoms with Gasteiger partial charge in [-0.3, -0.25) is 4.90 Å². The number of anilines is 1. The van der Waals surface area contributed by atoms with Crippen molar-refractivity contribution < 1.29 is 5.21 Å². The van der Waals surface area contributed by atoms with Gasteiger partial charge in [-0.2, -0.15) is 0 Å². The molecule has 0 aliphatic carbocycles. The molecule has 1 unspecified atom stereocenters. The molecule has 0 spiro atoms. The Morgan fingerprint density at radius 1 is 1.48 bits per heavy atom. The van der Waals surface area contributed by atoms with E-state index in [0.717, 1.165) is 42.2 Å². The molecule has 21 heavy (non-hydrogen) atoms. The van der Waals surface area contributed by atoms with E-state index >= 15 is 0 Å². The SMILES string of the molecule is CCC1CN(c2cccc(SC)c2/C(N)=N/O)CCN1C. The Bertz CT molecular complexity index is 520. The summed E-state index contributed by atoms with van der Waals surface area (Å²) in [5.74, 6) is 0.182. The fourth-order valence-corrected chi connectivity index (χ4v) is 3.49. The zero-order valence-corrected chi connectivity index (χ0v) is 13.7. The number of thioether (sulfide) groups is 1. The minimum atomic E-state index is 0.182. The van der Waals surface area contributed by atoms with Crippen LogP contribution in [-0.4, -0.2) is 54.9 Å². The number of oxime groups is 1. The number of rotatable bonds is 4. The number of nitrogens with two attached hydrogens (primary N) is 1. The molecule has 1 aromatic rings. The van der Waals surface area contributed by atoms with Crippen LogP contribution in [0, 0.1) is 0 Å². The summed E-state index contributed by atoms with van der Waals surface area (Å²) in [7, 11) is 2.17. The number of likely N-dealkylation sites (N-methyl/N-ethyl adjacent to an activating group) is 1. The van der Waals surface area contributed by atoms with E-state index in [1.165, 1.54) is 0 Å². The first-order valence-electron chi connectivity index (χ1n) is 7.22. The standard InChI is InChI=1S/C15H24N4OS/c1-4-11-10-19(9-8-18(11)2)12-6-5-7-13(21-3)14(12)15(16)17-20/h5-7,11,20H,4,8-10H2,1-3H3,(H2,16,17). The Kier molecular flexibility index (Phi) is 5.36. The highest BCUT2D eigenvalue weighted by molar-refractivity contribution is 7.98. The molecule has 3 N–H and O–H groups in total. The van der Waals surface area contributed by atoms with Crippen molar-refractivity contribution in [2.75, 3.05) is 37.8 Å². The minimum Gasteiger partial charge on any atom is -0.409 e. The van der Waals surface area contributed by atoms with Gasteiger partial charge >= 0.3 is 0 Å². The molecule has 1 saturated heterocycles. The molecule has 1 aliphatic heterocycles. The Balaban J connectivity index is 2.39. The fourth-order valence-electron chi connectivity index (χ4n) is 2.87.